The van der Waals surface area contributed by atoms with Crippen LogP contribution in [0.4, 0.5) is 0 Å². The van der Waals surface area contributed by atoms with E-state index in [0.29, 0.717) is 13.2 Å². The van der Waals surface area contributed by atoms with Gasteiger partial charge in [-0.05, 0) is 31.5 Å². The topological polar surface area (TPSA) is 71.0 Å². The highest BCUT2D eigenvalue weighted by Gasteiger charge is 2.10. The highest BCUT2D eigenvalue weighted by Crippen LogP contribution is 2.16. The lowest BCUT2D eigenvalue weighted by Gasteiger charge is -2.26. The Balaban J connectivity index is 0.00000320. The van der Waals surface area contributed by atoms with Crippen LogP contribution in [0.25, 0.3) is 0 Å². The lowest BCUT2D eigenvalue weighted by molar-refractivity contribution is 0.0322. The Labute approximate surface area is 200 Å². The molecule has 1 aromatic heterocycles. The fourth-order valence-corrected chi connectivity index (χ4v) is 4.05. The Morgan fingerprint density at radius 3 is 2.70 bits per heavy atom. The Morgan fingerprint density at radius 2 is 2.00 bits per heavy atom. The summed E-state index contributed by atoms with van der Waals surface area (Å²) in [6, 6.07) is 8.20. The number of aromatic nitrogens is 1. The second-order valence-corrected chi connectivity index (χ2v) is 8.26. The highest BCUT2D eigenvalue weighted by atomic mass is 127. The predicted octanol–water partition coefficient (Wildman–Crippen LogP) is 2.95. The number of thiazole rings is 1. The van der Waals surface area contributed by atoms with Crippen molar-refractivity contribution in [1.29, 1.82) is 0 Å². The minimum atomic E-state index is 0. The van der Waals surface area contributed by atoms with E-state index in [-0.39, 0.29) is 24.0 Å². The molecular weight excluding hydrogens is 513 g/mol. The summed E-state index contributed by atoms with van der Waals surface area (Å²) in [6.45, 7) is 10.7. The van der Waals surface area contributed by atoms with Gasteiger partial charge in [-0.25, -0.2) is 4.98 Å². The molecule has 0 atom stereocenters. The maximum atomic E-state index is 5.94. The number of benzene rings is 1. The van der Waals surface area contributed by atoms with Gasteiger partial charge in [-0.2, -0.15) is 0 Å². The van der Waals surface area contributed by atoms with Crippen LogP contribution in [0, 0.1) is 13.8 Å². The molecule has 9 heteroatoms. The quantitative estimate of drug-likeness (QED) is 0.302. The number of halogens is 1. The van der Waals surface area contributed by atoms with Gasteiger partial charge in [0, 0.05) is 38.1 Å². The van der Waals surface area contributed by atoms with Crippen molar-refractivity contribution in [3.05, 3.63) is 45.4 Å². The molecule has 30 heavy (non-hydrogen) atoms. The molecule has 2 aromatic rings. The molecule has 0 unspecified atom stereocenters. The van der Waals surface area contributed by atoms with Gasteiger partial charge >= 0.3 is 0 Å². The van der Waals surface area contributed by atoms with Gasteiger partial charge in [0.1, 0.15) is 12.4 Å². The van der Waals surface area contributed by atoms with Crippen molar-refractivity contribution in [3.8, 4) is 5.75 Å². The second kappa shape index (κ2) is 13.1. The van der Waals surface area contributed by atoms with Crippen LogP contribution in [0.15, 0.2) is 29.3 Å². The summed E-state index contributed by atoms with van der Waals surface area (Å²) in [4.78, 5) is 12.4. The monoisotopic (exact) mass is 545 g/mol. The van der Waals surface area contributed by atoms with Crippen molar-refractivity contribution in [3.63, 3.8) is 0 Å². The molecule has 1 aliphatic rings. The van der Waals surface area contributed by atoms with Gasteiger partial charge in [0.15, 0.2) is 5.96 Å². The van der Waals surface area contributed by atoms with Crippen LogP contribution in [-0.2, 0) is 17.8 Å². The molecule has 1 saturated heterocycles. The zero-order valence-corrected chi connectivity index (χ0v) is 21.1. The summed E-state index contributed by atoms with van der Waals surface area (Å²) >= 11 is 1.72. The van der Waals surface area contributed by atoms with Gasteiger partial charge in [-0.3, -0.25) is 9.89 Å². The van der Waals surface area contributed by atoms with E-state index in [0.717, 1.165) is 67.4 Å². The fraction of sp³-hybridized carbons (Fsp3) is 0.524. The average molecular weight is 545 g/mol. The maximum Gasteiger partial charge on any atom is 0.191 e. The minimum absolute atomic E-state index is 0. The van der Waals surface area contributed by atoms with Gasteiger partial charge in [0.05, 0.1) is 30.5 Å². The van der Waals surface area contributed by atoms with Crippen LogP contribution in [-0.4, -0.2) is 62.3 Å². The summed E-state index contributed by atoms with van der Waals surface area (Å²) in [5.74, 6) is 1.67. The van der Waals surface area contributed by atoms with E-state index >= 15 is 0 Å². The fourth-order valence-electron chi connectivity index (χ4n) is 3.17. The summed E-state index contributed by atoms with van der Waals surface area (Å²) < 4.78 is 11.3. The lowest BCUT2D eigenvalue weighted by Crippen LogP contribution is -2.38. The average Bonchev–Trinajstić information content (AvgIpc) is 3.06. The number of aryl methyl sites for hydroxylation is 2. The molecule has 1 aliphatic heterocycles. The Hall–Kier alpha value is -1.43. The smallest absolute Gasteiger partial charge is 0.191 e. The number of ether oxygens (including phenoxy) is 2. The molecule has 0 aliphatic carbocycles. The third-order valence-corrected chi connectivity index (χ3v) is 5.85. The zero-order chi connectivity index (χ0) is 20.5. The van der Waals surface area contributed by atoms with Crippen molar-refractivity contribution in [2.75, 3.05) is 46.5 Å². The molecule has 1 fully saturated rings. The predicted molar refractivity (Wildman–Crippen MR) is 133 cm³/mol. The number of nitrogens with one attached hydrogen (secondary N) is 2. The molecule has 0 bridgehead atoms. The van der Waals surface area contributed by atoms with Gasteiger partial charge in [-0.15, -0.1) is 35.3 Å². The van der Waals surface area contributed by atoms with E-state index in [9.17, 15) is 0 Å². The van der Waals surface area contributed by atoms with Crippen molar-refractivity contribution in [2.45, 2.75) is 26.9 Å². The molecule has 2 N–H and O–H groups in total. The number of rotatable bonds is 8. The number of morpholine rings is 1. The van der Waals surface area contributed by atoms with E-state index < -0.39 is 0 Å². The van der Waals surface area contributed by atoms with E-state index in [2.05, 4.69) is 37.6 Å². The number of guanidine groups is 1. The van der Waals surface area contributed by atoms with E-state index in [4.69, 9.17) is 9.47 Å². The van der Waals surface area contributed by atoms with Crippen molar-refractivity contribution >= 4 is 41.3 Å². The number of aliphatic imine (C=N–C) groups is 1. The molecule has 0 amide bonds. The molecule has 1 aromatic carbocycles. The largest absolute Gasteiger partial charge is 0.492 e. The van der Waals surface area contributed by atoms with E-state index in [1.165, 1.54) is 4.88 Å². The van der Waals surface area contributed by atoms with Gasteiger partial charge in [-0.1, -0.05) is 12.1 Å². The van der Waals surface area contributed by atoms with Crippen LogP contribution >= 0.6 is 35.3 Å². The molecule has 7 nitrogen and oxygen atoms in total. The van der Waals surface area contributed by atoms with Gasteiger partial charge < -0.3 is 20.1 Å². The normalized spacial score (nSPS) is 14.8. The van der Waals surface area contributed by atoms with Crippen molar-refractivity contribution in [2.24, 2.45) is 4.99 Å². The van der Waals surface area contributed by atoms with Crippen LogP contribution < -0.4 is 15.4 Å². The Kier molecular flexibility index (Phi) is 10.8. The summed E-state index contributed by atoms with van der Waals surface area (Å²) in [5.41, 5.74) is 2.24. The highest BCUT2D eigenvalue weighted by molar-refractivity contribution is 14.0. The van der Waals surface area contributed by atoms with Crippen molar-refractivity contribution in [1.82, 2.24) is 20.5 Å². The van der Waals surface area contributed by atoms with Crippen LogP contribution in [0.5, 0.6) is 5.75 Å². The number of hydrogen-bond donors (Lipinski definition) is 2. The summed E-state index contributed by atoms with van der Waals surface area (Å²) in [6.07, 6.45) is 0. The summed E-state index contributed by atoms with van der Waals surface area (Å²) in [7, 11) is 1.78. The first-order valence-corrected chi connectivity index (χ1v) is 10.8. The second-order valence-electron chi connectivity index (χ2n) is 6.97. The molecule has 0 spiro atoms. The molecular formula is C21H32IN5O2S. The zero-order valence-electron chi connectivity index (χ0n) is 17.9. The SMILES string of the molecule is CN=C(NCc1cccc(OCCN2CCOCC2)c1)NCc1sc(C)nc1C.I. The molecule has 166 valence electrons. The third-order valence-electron chi connectivity index (χ3n) is 4.78. The van der Waals surface area contributed by atoms with Crippen molar-refractivity contribution < 1.29 is 9.47 Å². The van der Waals surface area contributed by atoms with E-state index in [1.807, 2.05) is 26.0 Å². The van der Waals surface area contributed by atoms with Gasteiger partial charge in [0.25, 0.3) is 0 Å². The number of hydrogen-bond acceptors (Lipinski definition) is 6. The standard InChI is InChI=1S/C21H31N5O2S.HI/c1-16-20(29-17(2)25-16)15-24-21(22-3)23-14-18-5-4-6-19(13-18)28-12-9-26-7-10-27-11-8-26;/h4-6,13H,7-12,14-15H2,1-3H3,(H2,22,23,24);1H. The molecule has 0 radical (unpaired) electrons. The van der Waals surface area contributed by atoms with E-state index in [1.54, 1.807) is 18.4 Å². The first kappa shape index (κ1) is 24.8. The maximum absolute atomic E-state index is 5.94. The Bertz CT molecular complexity index is 808. The van der Waals surface area contributed by atoms with Crippen LogP contribution in [0.1, 0.15) is 21.1 Å². The van der Waals surface area contributed by atoms with Crippen LogP contribution in [0.2, 0.25) is 0 Å². The Morgan fingerprint density at radius 1 is 1.23 bits per heavy atom. The van der Waals surface area contributed by atoms with Crippen LogP contribution in [0.3, 0.4) is 0 Å². The van der Waals surface area contributed by atoms with Gasteiger partial charge in [0.2, 0.25) is 0 Å². The minimum Gasteiger partial charge on any atom is -0.492 e. The lowest BCUT2D eigenvalue weighted by atomic mass is 10.2. The molecule has 2 heterocycles. The molecule has 0 saturated carbocycles. The molecule has 3 rings (SSSR count). The third kappa shape index (κ3) is 8.01. The first-order valence-electron chi connectivity index (χ1n) is 10.0. The summed E-state index contributed by atoms with van der Waals surface area (Å²) in [5, 5.41) is 7.81. The number of nitrogens with zero attached hydrogens (tertiary/aromatic N) is 3. The first-order chi connectivity index (χ1) is 14.1.